The molecule has 1 aromatic rings. The van der Waals surface area contributed by atoms with Gasteiger partial charge in [-0.25, -0.2) is 4.98 Å². The quantitative estimate of drug-likeness (QED) is 0.822. The first kappa shape index (κ1) is 13.1. The number of aromatic nitrogens is 1. The van der Waals surface area contributed by atoms with Crippen LogP contribution >= 0.6 is 11.3 Å². The molecule has 1 amide bonds. The standard InChI is InChI=1S/C11H19N3OS/c1-7(2)4-9(5-12)14-11(15)10-6-16-8(3)13-10/h6-7,9H,4-5,12H2,1-3H3,(H,14,15). The molecular formula is C11H19N3OS. The van der Waals surface area contributed by atoms with Gasteiger partial charge in [0.2, 0.25) is 0 Å². The van der Waals surface area contributed by atoms with Crippen LogP contribution < -0.4 is 11.1 Å². The van der Waals surface area contributed by atoms with Crippen molar-refractivity contribution in [2.45, 2.75) is 33.2 Å². The molecule has 1 unspecified atom stereocenters. The third kappa shape index (κ3) is 3.90. The van der Waals surface area contributed by atoms with Gasteiger partial charge < -0.3 is 11.1 Å². The van der Waals surface area contributed by atoms with E-state index in [0.29, 0.717) is 18.2 Å². The Kier molecular flexibility index (Phi) is 4.89. The molecule has 0 aliphatic carbocycles. The number of aryl methyl sites for hydroxylation is 1. The molecule has 1 aromatic heterocycles. The number of amides is 1. The van der Waals surface area contributed by atoms with Crippen molar-refractivity contribution in [3.63, 3.8) is 0 Å². The van der Waals surface area contributed by atoms with Crippen LogP contribution in [0.2, 0.25) is 0 Å². The van der Waals surface area contributed by atoms with Crippen LogP contribution in [0.5, 0.6) is 0 Å². The Hall–Kier alpha value is -0.940. The van der Waals surface area contributed by atoms with Crippen molar-refractivity contribution in [1.82, 2.24) is 10.3 Å². The summed E-state index contributed by atoms with van der Waals surface area (Å²) in [5.74, 6) is 0.395. The molecule has 0 aliphatic rings. The van der Waals surface area contributed by atoms with Crippen molar-refractivity contribution in [3.05, 3.63) is 16.1 Å². The molecule has 0 aromatic carbocycles. The first-order chi connectivity index (χ1) is 7.52. The van der Waals surface area contributed by atoms with E-state index in [0.717, 1.165) is 11.4 Å². The number of thiazole rings is 1. The summed E-state index contributed by atoms with van der Waals surface area (Å²) in [6, 6.07) is 0.0366. The third-order valence-corrected chi connectivity index (χ3v) is 3.00. The molecule has 3 N–H and O–H groups in total. The fourth-order valence-corrected chi connectivity index (χ4v) is 2.10. The van der Waals surface area contributed by atoms with Gasteiger partial charge in [-0.05, 0) is 19.3 Å². The molecule has 1 atom stereocenters. The molecule has 0 bridgehead atoms. The highest BCUT2D eigenvalue weighted by atomic mass is 32.1. The van der Waals surface area contributed by atoms with E-state index in [1.165, 1.54) is 11.3 Å². The van der Waals surface area contributed by atoms with E-state index in [4.69, 9.17) is 5.73 Å². The molecule has 0 radical (unpaired) electrons. The van der Waals surface area contributed by atoms with E-state index < -0.39 is 0 Å². The van der Waals surface area contributed by atoms with Gasteiger partial charge >= 0.3 is 0 Å². The number of hydrogen-bond donors (Lipinski definition) is 2. The summed E-state index contributed by atoms with van der Waals surface area (Å²) in [7, 11) is 0. The molecule has 4 nitrogen and oxygen atoms in total. The van der Waals surface area contributed by atoms with Gasteiger partial charge in [-0.2, -0.15) is 0 Å². The van der Waals surface area contributed by atoms with Gasteiger partial charge in [-0.3, -0.25) is 4.79 Å². The molecule has 0 saturated carbocycles. The van der Waals surface area contributed by atoms with Crippen molar-refractivity contribution in [2.75, 3.05) is 6.54 Å². The van der Waals surface area contributed by atoms with Crippen molar-refractivity contribution in [1.29, 1.82) is 0 Å². The Morgan fingerprint density at radius 1 is 1.62 bits per heavy atom. The first-order valence-electron chi connectivity index (χ1n) is 5.46. The molecule has 0 aliphatic heterocycles. The average Bonchev–Trinajstić information content (AvgIpc) is 2.63. The summed E-state index contributed by atoms with van der Waals surface area (Å²) in [6.45, 7) is 6.58. The maximum absolute atomic E-state index is 11.8. The van der Waals surface area contributed by atoms with E-state index in [1.54, 1.807) is 5.38 Å². The molecule has 1 heterocycles. The van der Waals surface area contributed by atoms with Crippen LogP contribution in [0.3, 0.4) is 0 Å². The minimum atomic E-state index is -0.125. The normalized spacial score (nSPS) is 12.8. The van der Waals surface area contributed by atoms with Gasteiger partial charge in [-0.15, -0.1) is 11.3 Å². The zero-order valence-electron chi connectivity index (χ0n) is 9.99. The number of nitrogens with one attached hydrogen (secondary N) is 1. The van der Waals surface area contributed by atoms with E-state index in [9.17, 15) is 4.79 Å². The number of nitrogens with zero attached hydrogens (tertiary/aromatic N) is 1. The first-order valence-corrected chi connectivity index (χ1v) is 6.34. The van der Waals surface area contributed by atoms with Gasteiger partial charge in [0.15, 0.2) is 0 Å². The van der Waals surface area contributed by atoms with Crippen molar-refractivity contribution in [3.8, 4) is 0 Å². The third-order valence-electron chi connectivity index (χ3n) is 2.23. The summed E-state index contributed by atoms with van der Waals surface area (Å²) in [6.07, 6.45) is 0.894. The van der Waals surface area contributed by atoms with Crippen molar-refractivity contribution in [2.24, 2.45) is 11.7 Å². The van der Waals surface area contributed by atoms with Gasteiger partial charge in [0.1, 0.15) is 5.69 Å². The second kappa shape index (κ2) is 5.96. The number of hydrogen-bond acceptors (Lipinski definition) is 4. The highest BCUT2D eigenvalue weighted by Crippen LogP contribution is 2.09. The van der Waals surface area contributed by atoms with Crippen molar-refractivity contribution >= 4 is 17.2 Å². The lowest BCUT2D eigenvalue weighted by molar-refractivity contribution is 0.0929. The van der Waals surface area contributed by atoms with Gasteiger partial charge in [0.25, 0.3) is 5.91 Å². The lowest BCUT2D eigenvalue weighted by Crippen LogP contribution is -2.41. The summed E-state index contributed by atoms with van der Waals surface area (Å²) in [5, 5.41) is 5.58. The van der Waals surface area contributed by atoms with Gasteiger partial charge in [-0.1, -0.05) is 13.8 Å². The van der Waals surface area contributed by atoms with E-state index >= 15 is 0 Å². The number of carbonyl (C=O) groups is 1. The van der Waals surface area contributed by atoms with Crippen molar-refractivity contribution < 1.29 is 4.79 Å². The molecule has 0 saturated heterocycles. The topological polar surface area (TPSA) is 68.0 Å². The number of nitrogens with two attached hydrogens (primary N) is 1. The summed E-state index contributed by atoms with van der Waals surface area (Å²) in [5.41, 5.74) is 6.11. The van der Waals surface area contributed by atoms with Gasteiger partial charge in [0.05, 0.1) is 5.01 Å². The Balaban J connectivity index is 2.55. The largest absolute Gasteiger partial charge is 0.347 e. The van der Waals surface area contributed by atoms with Crippen LogP contribution in [0, 0.1) is 12.8 Å². The van der Waals surface area contributed by atoms with Crippen LogP contribution in [0.25, 0.3) is 0 Å². The Bertz CT molecular complexity index is 349. The smallest absolute Gasteiger partial charge is 0.271 e. The molecule has 16 heavy (non-hydrogen) atoms. The number of carbonyl (C=O) groups excluding carboxylic acids is 1. The predicted octanol–water partition coefficient (Wildman–Crippen LogP) is 1.55. The minimum absolute atomic E-state index is 0.0366. The van der Waals surface area contributed by atoms with Gasteiger partial charge in [0, 0.05) is 18.0 Å². The van der Waals surface area contributed by atoms with Crippen LogP contribution in [0.15, 0.2) is 5.38 Å². The zero-order valence-corrected chi connectivity index (χ0v) is 10.8. The molecule has 5 heteroatoms. The molecular weight excluding hydrogens is 222 g/mol. The lowest BCUT2D eigenvalue weighted by atomic mass is 10.0. The molecule has 90 valence electrons. The maximum Gasteiger partial charge on any atom is 0.271 e. The van der Waals surface area contributed by atoms with E-state index in [-0.39, 0.29) is 11.9 Å². The van der Waals surface area contributed by atoms with Crippen LogP contribution in [0.4, 0.5) is 0 Å². The Morgan fingerprint density at radius 2 is 2.31 bits per heavy atom. The average molecular weight is 241 g/mol. The SMILES string of the molecule is Cc1nc(C(=O)NC(CN)CC(C)C)cs1. The minimum Gasteiger partial charge on any atom is -0.347 e. The number of rotatable bonds is 5. The highest BCUT2D eigenvalue weighted by Gasteiger charge is 2.15. The predicted molar refractivity (Wildman–Crippen MR) is 66.6 cm³/mol. The summed E-state index contributed by atoms with van der Waals surface area (Å²) >= 11 is 1.48. The Labute approximate surface area is 100 Å². The molecule has 0 spiro atoms. The molecule has 1 rings (SSSR count). The Morgan fingerprint density at radius 3 is 2.75 bits per heavy atom. The van der Waals surface area contributed by atoms with E-state index in [1.807, 2.05) is 6.92 Å². The lowest BCUT2D eigenvalue weighted by Gasteiger charge is -2.18. The van der Waals surface area contributed by atoms with E-state index in [2.05, 4.69) is 24.1 Å². The van der Waals surface area contributed by atoms with Crippen LogP contribution in [0.1, 0.15) is 35.8 Å². The second-order valence-electron chi connectivity index (χ2n) is 4.29. The highest BCUT2D eigenvalue weighted by molar-refractivity contribution is 7.09. The monoisotopic (exact) mass is 241 g/mol. The fraction of sp³-hybridized carbons (Fsp3) is 0.636. The maximum atomic E-state index is 11.8. The fourth-order valence-electron chi connectivity index (χ4n) is 1.51. The second-order valence-corrected chi connectivity index (χ2v) is 5.35. The van der Waals surface area contributed by atoms with Crippen LogP contribution in [-0.4, -0.2) is 23.5 Å². The molecule has 0 fully saturated rings. The summed E-state index contributed by atoms with van der Waals surface area (Å²) < 4.78 is 0. The van der Waals surface area contributed by atoms with Crippen LogP contribution in [-0.2, 0) is 0 Å². The summed E-state index contributed by atoms with van der Waals surface area (Å²) in [4.78, 5) is 15.9. The zero-order chi connectivity index (χ0) is 12.1.